The van der Waals surface area contributed by atoms with Crippen molar-refractivity contribution >= 4 is 14.3 Å². The normalized spacial score (nSPS) is 24.3. The van der Waals surface area contributed by atoms with Crippen molar-refractivity contribution in [3.05, 3.63) is 12.2 Å². The average molecular weight is 270 g/mol. The third-order valence-corrected chi connectivity index (χ3v) is 8.55. The quantitative estimate of drug-likeness (QED) is 0.445. The summed E-state index contributed by atoms with van der Waals surface area (Å²) in [4.78, 5) is 11.2. The SMILES string of the molecule is COC(=O)C[C@H]1C=C[C@@H](O[Si](C)(C)C(C)(C)C)C1. The Morgan fingerprint density at radius 3 is 2.44 bits per heavy atom. The van der Waals surface area contributed by atoms with Gasteiger partial charge in [0.05, 0.1) is 19.6 Å². The van der Waals surface area contributed by atoms with Crippen molar-refractivity contribution in [3.8, 4) is 0 Å². The second kappa shape index (κ2) is 5.57. The van der Waals surface area contributed by atoms with Crippen molar-refractivity contribution in [1.29, 1.82) is 0 Å². The molecule has 104 valence electrons. The van der Waals surface area contributed by atoms with Crippen LogP contribution in [-0.4, -0.2) is 27.5 Å². The molecule has 0 N–H and O–H groups in total. The smallest absolute Gasteiger partial charge is 0.306 e. The Morgan fingerprint density at radius 2 is 1.94 bits per heavy atom. The van der Waals surface area contributed by atoms with E-state index >= 15 is 0 Å². The molecule has 0 spiro atoms. The molecule has 0 amide bonds. The van der Waals surface area contributed by atoms with Crippen LogP contribution in [0.15, 0.2) is 12.2 Å². The maximum atomic E-state index is 11.2. The summed E-state index contributed by atoms with van der Waals surface area (Å²) in [6, 6.07) is 0. The van der Waals surface area contributed by atoms with Crippen molar-refractivity contribution in [2.75, 3.05) is 7.11 Å². The summed E-state index contributed by atoms with van der Waals surface area (Å²) >= 11 is 0. The zero-order valence-electron chi connectivity index (χ0n) is 12.4. The molecule has 0 fully saturated rings. The Kier molecular flexibility index (Phi) is 4.78. The fourth-order valence-electron chi connectivity index (χ4n) is 1.83. The van der Waals surface area contributed by atoms with Gasteiger partial charge < -0.3 is 9.16 Å². The highest BCUT2D eigenvalue weighted by molar-refractivity contribution is 6.74. The van der Waals surface area contributed by atoms with E-state index in [0.717, 1.165) is 6.42 Å². The fourth-order valence-corrected chi connectivity index (χ4v) is 3.11. The Hall–Kier alpha value is -0.613. The maximum Gasteiger partial charge on any atom is 0.306 e. The summed E-state index contributed by atoms with van der Waals surface area (Å²) < 4.78 is 11.0. The first-order valence-electron chi connectivity index (χ1n) is 6.58. The van der Waals surface area contributed by atoms with Crippen LogP contribution in [0.3, 0.4) is 0 Å². The van der Waals surface area contributed by atoms with Crippen molar-refractivity contribution in [2.45, 2.75) is 57.8 Å². The Morgan fingerprint density at radius 1 is 1.33 bits per heavy atom. The largest absolute Gasteiger partial charge is 0.469 e. The lowest BCUT2D eigenvalue weighted by Crippen LogP contribution is -2.43. The molecule has 0 aromatic carbocycles. The number of allylic oxidation sites excluding steroid dienone is 1. The maximum absolute atomic E-state index is 11.2. The minimum atomic E-state index is -1.72. The standard InChI is InChI=1S/C14H26O3Si/c1-14(2,3)18(5,6)17-12-8-7-11(9-12)10-13(15)16-4/h7-8,11-12H,9-10H2,1-6H3/t11-,12+/m0/s1. The molecule has 0 saturated carbocycles. The monoisotopic (exact) mass is 270 g/mol. The van der Waals surface area contributed by atoms with Gasteiger partial charge in [-0.25, -0.2) is 0 Å². The molecular weight excluding hydrogens is 244 g/mol. The molecule has 0 heterocycles. The number of hydrogen-bond acceptors (Lipinski definition) is 3. The van der Waals surface area contributed by atoms with Gasteiger partial charge in [-0.3, -0.25) is 4.79 Å². The van der Waals surface area contributed by atoms with Gasteiger partial charge in [0.25, 0.3) is 0 Å². The van der Waals surface area contributed by atoms with Gasteiger partial charge in [-0.15, -0.1) is 0 Å². The molecule has 4 heteroatoms. The number of hydrogen-bond donors (Lipinski definition) is 0. The predicted molar refractivity (Wildman–Crippen MR) is 76.0 cm³/mol. The predicted octanol–water partition coefficient (Wildman–Crippen LogP) is 3.52. The van der Waals surface area contributed by atoms with Crippen LogP contribution in [0.5, 0.6) is 0 Å². The van der Waals surface area contributed by atoms with Crippen LogP contribution in [0, 0.1) is 5.92 Å². The average Bonchev–Trinajstić information content (AvgIpc) is 2.62. The molecule has 0 saturated heterocycles. The molecule has 0 bridgehead atoms. The summed E-state index contributed by atoms with van der Waals surface area (Å²) in [6.07, 6.45) is 5.73. The third-order valence-electron chi connectivity index (χ3n) is 4.04. The van der Waals surface area contributed by atoms with Crippen molar-refractivity contribution in [3.63, 3.8) is 0 Å². The molecule has 3 nitrogen and oxygen atoms in total. The second-order valence-electron chi connectivity index (χ2n) is 6.58. The van der Waals surface area contributed by atoms with Crippen LogP contribution in [0.2, 0.25) is 18.1 Å². The van der Waals surface area contributed by atoms with Crippen LogP contribution in [0.25, 0.3) is 0 Å². The fraction of sp³-hybridized carbons (Fsp3) is 0.786. The lowest BCUT2D eigenvalue weighted by atomic mass is 10.1. The molecular formula is C14H26O3Si. The van der Waals surface area contributed by atoms with Gasteiger partial charge in [-0.05, 0) is 30.5 Å². The molecule has 1 rings (SSSR count). The Balaban J connectivity index is 2.49. The van der Waals surface area contributed by atoms with E-state index in [1.54, 1.807) is 0 Å². The number of carbonyl (C=O) groups excluding carboxylic acids is 1. The highest BCUT2D eigenvalue weighted by Crippen LogP contribution is 2.39. The van der Waals surface area contributed by atoms with Crippen LogP contribution in [0.1, 0.15) is 33.6 Å². The van der Waals surface area contributed by atoms with Gasteiger partial charge in [-0.2, -0.15) is 0 Å². The second-order valence-corrected chi connectivity index (χ2v) is 11.3. The van der Waals surface area contributed by atoms with E-state index < -0.39 is 8.32 Å². The van der Waals surface area contributed by atoms with Crippen molar-refractivity contribution in [2.24, 2.45) is 5.92 Å². The number of esters is 1. The van der Waals surface area contributed by atoms with Gasteiger partial charge in [0, 0.05) is 0 Å². The molecule has 0 unspecified atom stereocenters. The number of methoxy groups -OCH3 is 1. The van der Waals surface area contributed by atoms with E-state index in [1.807, 2.05) is 0 Å². The zero-order valence-corrected chi connectivity index (χ0v) is 13.4. The van der Waals surface area contributed by atoms with Crippen LogP contribution in [0.4, 0.5) is 0 Å². The van der Waals surface area contributed by atoms with Gasteiger partial charge in [0.2, 0.25) is 0 Å². The number of carbonyl (C=O) groups is 1. The van der Waals surface area contributed by atoms with E-state index in [9.17, 15) is 4.79 Å². The summed E-state index contributed by atoms with van der Waals surface area (Å²) in [5.74, 6) is 0.129. The van der Waals surface area contributed by atoms with Crippen molar-refractivity contribution in [1.82, 2.24) is 0 Å². The van der Waals surface area contributed by atoms with E-state index in [4.69, 9.17) is 9.16 Å². The topological polar surface area (TPSA) is 35.5 Å². The highest BCUT2D eigenvalue weighted by Gasteiger charge is 2.39. The van der Waals surface area contributed by atoms with Crippen LogP contribution < -0.4 is 0 Å². The van der Waals surface area contributed by atoms with E-state index in [1.165, 1.54) is 7.11 Å². The van der Waals surface area contributed by atoms with Crippen LogP contribution in [-0.2, 0) is 14.0 Å². The van der Waals surface area contributed by atoms with Gasteiger partial charge in [0.1, 0.15) is 0 Å². The summed E-state index contributed by atoms with van der Waals surface area (Å²) in [5.41, 5.74) is 0. The number of ether oxygens (including phenoxy) is 1. The molecule has 0 aromatic heterocycles. The van der Waals surface area contributed by atoms with E-state index in [-0.39, 0.29) is 23.0 Å². The van der Waals surface area contributed by atoms with Gasteiger partial charge in [-0.1, -0.05) is 32.9 Å². The Labute approximate surface area is 112 Å². The zero-order chi connectivity index (χ0) is 14.0. The minimum absolute atomic E-state index is 0.141. The molecule has 0 aliphatic heterocycles. The molecule has 1 aliphatic rings. The molecule has 0 aromatic rings. The first-order valence-corrected chi connectivity index (χ1v) is 9.49. The summed E-state index contributed by atoms with van der Waals surface area (Å²) in [7, 11) is -0.280. The summed E-state index contributed by atoms with van der Waals surface area (Å²) in [5, 5.41) is 0.223. The Bertz CT molecular complexity index is 328. The summed E-state index contributed by atoms with van der Waals surface area (Å²) in [6.45, 7) is 11.2. The minimum Gasteiger partial charge on any atom is -0.469 e. The van der Waals surface area contributed by atoms with E-state index in [0.29, 0.717) is 6.42 Å². The number of rotatable bonds is 4. The third kappa shape index (κ3) is 3.95. The first kappa shape index (κ1) is 15.4. The lowest BCUT2D eigenvalue weighted by molar-refractivity contribution is -0.141. The molecule has 18 heavy (non-hydrogen) atoms. The first-order chi connectivity index (χ1) is 8.15. The van der Waals surface area contributed by atoms with E-state index in [2.05, 4.69) is 46.0 Å². The van der Waals surface area contributed by atoms with Gasteiger partial charge in [0.15, 0.2) is 8.32 Å². The molecule has 0 radical (unpaired) electrons. The highest BCUT2D eigenvalue weighted by atomic mass is 28.4. The lowest BCUT2D eigenvalue weighted by Gasteiger charge is -2.38. The van der Waals surface area contributed by atoms with Crippen LogP contribution >= 0.6 is 0 Å². The molecule has 2 atom stereocenters. The van der Waals surface area contributed by atoms with Crippen molar-refractivity contribution < 1.29 is 14.0 Å². The van der Waals surface area contributed by atoms with Gasteiger partial charge >= 0.3 is 5.97 Å². The molecule has 1 aliphatic carbocycles.